The van der Waals surface area contributed by atoms with Gasteiger partial charge in [0.15, 0.2) is 0 Å². The average molecular weight is 254 g/mol. The number of fused-ring (bicyclic) bond motifs is 1. The first-order chi connectivity index (χ1) is 7.88. The lowest BCUT2D eigenvalue weighted by molar-refractivity contribution is 0.666. The maximum absolute atomic E-state index is 5.90. The van der Waals surface area contributed by atoms with E-state index in [0.29, 0.717) is 5.92 Å². The van der Waals surface area contributed by atoms with Crippen molar-refractivity contribution in [3.63, 3.8) is 0 Å². The van der Waals surface area contributed by atoms with Crippen LogP contribution < -0.4 is 4.90 Å². The van der Waals surface area contributed by atoms with E-state index < -0.39 is 0 Å². The predicted molar refractivity (Wildman–Crippen MR) is 68.5 cm³/mol. The number of alkyl halides is 1. The molecule has 0 radical (unpaired) electrons. The van der Waals surface area contributed by atoms with E-state index in [1.807, 2.05) is 6.07 Å². The van der Waals surface area contributed by atoms with Gasteiger partial charge < -0.3 is 4.90 Å². The molecule has 0 saturated carbocycles. The molecule has 1 aliphatic heterocycles. The van der Waals surface area contributed by atoms with E-state index in [1.54, 1.807) is 17.7 Å². The number of thiophene rings is 1. The highest BCUT2D eigenvalue weighted by molar-refractivity contribution is 7.17. The van der Waals surface area contributed by atoms with Gasteiger partial charge in [0.2, 0.25) is 0 Å². The highest BCUT2D eigenvalue weighted by atomic mass is 35.5. The quantitative estimate of drug-likeness (QED) is 0.771. The van der Waals surface area contributed by atoms with Crippen molar-refractivity contribution in [2.45, 2.75) is 6.42 Å². The zero-order chi connectivity index (χ0) is 11.0. The summed E-state index contributed by atoms with van der Waals surface area (Å²) in [5, 5.41) is 2.07. The fourth-order valence-electron chi connectivity index (χ4n) is 2.15. The minimum atomic E-state index is 0.603. The van der Waals surface area contributed by atoms with Crippen molar-refractivity contribution >= 4 is 39.0 Å². The molecule has 0 aromatic carbocycles. The van der Waals surface area contributed by atoms with Crippen molar-refractivity contribution in [2.75, 3.05) is 23.9 Å². The lowest BCUT2D eigenvalue weighted by Gasteiger charge is -2.17. The smallest absolute Gasteiger partial charge is 0.150 e. The van der Waals surface area contributed by atoms with Gasteiger partial charge in [-0.2, -0.15) is 0 Å². The second-order valence-corrected chi connectivity index (χ2v) is 5.31. The second-order valence-electron chi connectivity index (χ2n) is 4.09. The normalized spacial score (nSPS) is 20.8. The molecule has 1 aliphatic rings. The molecule has 1 atom stereocenters. The van der Waals surface area contributed by atoms with Crippen LogP contribution in [0.15, 0.2) is 17.8 Å². The highest BCUT2D eigenvalue weighted by Crippen LogP contribution is 2.31. The Morgan fingerprint density at radius 2 is 2.44 bits per heavy atom. The van der Waals surface area contributed by atoms with Gasteiger partial charge in [0.1, 0.15) is 12.1 Å². The van der Waals surface area contributed by atoms with Crippen LogP contribution in [0.4, 0.5) is 5.82 Å². The Morgan fingerprint density at radius 1 is 1.50 bits per heavy atom. The Hall–Kier alpha value is -0.870. The van der Waals surface area contributed by atoms with Gasteiger partial charge in [0.05, 0.1) is 10.2 Å². The van der Waals surface area contributed by atoms with Crippen LogP contribution in [0.1, 0.15) is 6.42 Å². The summed E-state index contributed by atoms with van der Waals surface area (Å²) in [6.45, 7) is 2.08. The number of hydrogen-bond acceptors (Lipinski definition) is 4. The number of rotatable bonds is 2. The first-order valence-electron chi connectivity index (χ1n) is 5.37. The molecule has 1 fully saturated rings. The summed E-state index contributed by atoms with van der Waals surface area (Å²) in [6.07, 6.45) is 2.82. The Balaban J connectivity index is 1.97. The van der Waals surface area contributed by atoms with Gasteiger partial charge in [-0.25, -0.2) is 9.97 Å². The lowest BCUT2D eigenvalue weighted by atomic mass is 10.2. The molecule has 0 aliphatic carbocycles. The molecular formula is C11H12ClN3S. The number of nitrogens with zero attached hydrogens (tertiary/aromatic N) is 3. The van der Waals surface area contributed by atoms with Crippen molar-refractivity contribution in [3.05, 3.63) is 17.8 Å². The molecule has 3 nitrogen and oxygen atoms in total. The SMILES string of the molecule is ClCC1CCN(c2ncnc3ccsc23)C1. The minimum Gasteiger partial charge on any atom is -0.355 e. The van der Waals surface area contributed by atoms with Crippen LogP contribution in [-0.4, -0.2) is 28.9 Å². The minimum absolute atomic E-state index is 0.603. The predicted octanol–water partition coefficient (Wildman–Crippen LogP) is 2.76. The van der Waals surface area contributed by atoms with Crippen LogP contribution >= 0.6 is 22.9 Å². The van der Waals surface area contributed by atoms with E-state index in [4.69, 9.17) is 11.6 Å². The summed E-state index contributed by atoms with van der Waals surface area (Å²) in [5.41, 5.74) is 1.05. The van der Waals surface area contributed by atoms with E-state index in [-0.39, 0.29) is 0 Å². The van der Waals surface area contributed by atoms with Crippen LogP contribution in [0.2, 0.25) is 0 Å². The molecule has 5 heteroatoms. The zero-order valence-electron chi connectivity index (χ0n) is 8.77. The summed E-state index contributed by atoms with van der Waals surface area (Å²) in [4.78, 5) is 11.0. The molecule has 2 aromatic rings. The van der Waals surface area contributed by atoms with Crippen molar-refractivity contribution in [2.24, 2.45) is 5.92 Å². The Kier molecular flexibility index (Phi) is 2.69. The maximum Gasteiger partial charge on any atom is 0.150 e. The number of aromatic nitrogens is 2. The third-order valence-electron chi connectivity index (χ3n) is 3.03. The van der Waals surface area contributed by atoms with Crippen LogP contribution in [0, 0.1) is 5.92 Å². The van der Waals surface area contributed by atoms with Crippen molar-refractivity contribution in [1.29, 1.82) is 0 Å². The van der Waals surface area contributed by atoms with Crippen molar-refractivity contribution in [1.82, 2.24) is 9.97 Å². The third kappa shape index (κ3) is 1.66. The number of hydrogen-bond donors (Lipinski definition) is 0. The largest absolute Gasteiger partial charge is 0.355 e. The fraction of sp³-hybridized carbons (Fsp3) is 0.455. The van der Waals surface area contributed by atoms with Gasteiger partial charge in [-0.1, -0.05) is 0 Å². The van der Waals surface area contributed by atoms with Gasteiger partial charge in [0.25, 0.3) is 0 Å². The van der Waals surface area contributed by atoms with E-state index in [0.717, 1.165) is 30.3 Å². The monoisotopic (exact) mass is 253 g/mol. The molecular weight excluding hydrogens is 242 g/mol. The van der Waals surface area contributed by atoms with Crippen LogP contribution in [-0.2, 0) is 0 Å². The van der Waals surface area contributed by atoms with Gasteiger partial charge in [0, 0.05) is 19.0 Å². The first kappa shape index (κ1) is 10.3. The summed E-state index contributed by atoms with van der Waals surface area (Å²) in [6, 6.07) is 2.04. The molecule has 3 rings (SSSR count). The van der Waals surface area contributed by atoms with Crippen molar-refractivity contribution < 1.29 is 0 Å². The van der Waals surface area contributed by atoms with Crippen LogP contribution in [0.5, 0.6) is 0 Å². The lowest BCUT2D eigenvalue weighted by Crippen LogP contribution is -2.21. The molecule has 84 valence electrons. The van der Waals surface area contributed by atoms with Gasteiger partial charge in [-0.05, 0) is 23.8 Å². The average Bonchev–Trinajstić information content (AvgIpc) is 2.97. The van der Waals surface area contributed by atoms with Gasteiger partial charge in [-0.3, -0.25) is 0 Å². The Morgan fingerprint density at radius 3 is 3.25 bits per heavy atom. The highest BCUT2D eigenvalue weighted by Gasteiger charge is 2.24. The first-order valence-corrected chi connectivity index (χ1v) is 6.79. The Bertz CT molecular complexity index is 499. The van der Waals surface area contributed by atoms with Gasteiger partial charge >= 0.3 is 0 Å². The van der Waals surface area contributed by atoms with Gasteiger partial charge in [-0.15, -0.1) is 22.9 Å². The molecule has 0 bridgehead atoms. The summed E-state index contributed by atoms with van der Waals surface area (Å²) in [7, 11) is 0. The molecule has 0 N–H and O–H groups in total. The van der Waals surface area contributed by atoms with E-state index in [9.17, 15) is 0 Å². The topological polar surface area (TPSA) is 29.0 Å². The van der Waals surface area contributed by atoms with E-state index in [1.165, 1.54) is 11.1 Å². The zero-order valence-corrected chi connectivity index (χ0v) is 10.3. The second kappa shape index (κ2) is 4.18. The van der Waals surface area contributed by atoms with Crippen molar-refractivity contribution in [3.8, 4) is 0 Å². The number of anilines is 1. The van der Waals surface area contributed by atoms with E-state index in [2.05, 4.69) is 20.2 Å². The Labute approximate surface area is 103 Å². The molecule has 3 heterocycles. The summed E-state index contributed by atoms with van der Waals surface area (Å²) >= 11 is 7.61. The van der Waals surface area contributed by atoms with Crippen LogP contribution in [0.3, 0.4) is 0 Å². The molecule has 1 saturated heterocycles. The fourth-order valence-corrected chi connectivity index (χ4v) is 3.27. The molecule has 1 unspecified atom stereocenters. The summed E-state index contributed by atoms with van der Waals surface area (Å²) < 4.78 is 1.19. The number of halogens is 1. The molecule has 0 spiro atoms. The standard InChI is InChI=1S/C11H12ClN3S/c12-5-8-1-3-15(6-8)11-10-9(2-4-16-10)13-7-14-11/h2,4,7-8H,1,3,5-6H2. The third-order valence-corrected chi connectivity index (χ3v) is 4.36. The summed E-state index contributed by atoms with van der Waals surface area (Å²) in [5.74, 6) is 2.43. The molecule has 0 amide bonds. The maximum atomic E-state index is 5.90. The molecule has 16 heavy (non-hydrogen) atoms. The van der Waals surface area contributed by atoms with Crippen LogP contribution in [0.25, 0.3) is 10.2 Å². The molecule has 2 aromatic heterocycles. The van der Waals surface area contributed by atoms with E-state index >= 15 is 0 Å².